The van der Waals surface area contributed by atoms with Crippen molar-refractivity contribution < 1.29 is 13.2 Å². The fourth-order valence-corrected chi connectivity index (χ4v) is 8.29. The fourth-order valence-electron chi connectivity index (χ4n) is 4.15. The summed E-state index contributed by atoms with van der Waals surface area (Å²) in [5.74, 6) is 2.16. The van der Waals surface area contributed by atoms with Crippen LogP contribution < -0.4 is 0 Å². The van der Waals surface area contributed by atoms with Gasteiger partial charge >= 0.3 is 0 Å². The highest BCUT2D eigenvalue weighted by Gasteiger charge is 2.51. The summed E-state index contributed by atoms with van der Waals surface area (Å²) >= 11 is 0. The zero-order valence-electron chi connectivity index (χ0n) is 16.7. The summed E-state index contributed by atoms with van der Waals surface area (Å²) in [6.45, 7) is 6.18. The maximum Gasteiger partial charge on any atom is 0.217 e. The average Bonchev–Trinajstić information content (AvgIpc) is 3.20. The van der Waals surface area contributed by atoms with Crippen molar-refractivity contribution in [3.05, 3.63) is 35.4 Å². The molecule has 3 rings (SSSR count). The summed E-state index contributed by atoms with van der Waals surface area (Å²) in [4.78, 5) is 13.2. The highest BCUT2D eigenvalue weighted by molar-refractivity contribution is 8.00. The van der Waals surface area contributed by atoms with Crippen LogP contribution in [-0.4, -0.2) is 47.2 Å². The van der Waals surface area contributed by atoms with E-state index in [1.54, 1.807) is 11.2 Å². The first-order valence-electron chi connectivity index (χ1n) is 10.1. The third-order valence-electron chi connectivity index (χ3n) is 6.16. The van der Waals surface area contributed by atoms with E-state index in [0.717, 1.165) is 11.3 Å². The Kier molecular flexibility index (Phi) is 6.38. The van der Waals surface area contributed by atoms with Crippen molar-refractivity contribution in [2.75, 3.05) is 23.9 Å². The van der Waals surface area contributed by atoms with Gasteiger partial charge in [-0.25, -0.2) is 8.42 Å². The molecule has 0 radical (unpaired) electrons. The van der Waals surface area contributed by atoms with Gasteiger partial charge in [0.1, 0.15) is 5.75 Å². The summed E-state index contributed by atoms with van der Waals surface area (Å²) in [5.41, 5.74) is 2.11. The van der Waals surface area contributed by atoms with Crippen LogP contribution in [0, 0.1) is 0 Å². The molecule has 4 nitrogen and oxygen atoms in total. The lowest BCUT2D eigenvalue weighted by atomic mass is 9.83. The lowest BCUT2D eigenvalue weighted by Crippen LogP contribution is -2.43. The predicted molar refractivity (Wildman–Crippen MR) is 114 cm³/mol. The number of Topliss-reactive ketones (excluding diaryl/α,β-unsaturated/α-hetero) is 1. The monoisotopic (exact) mass is 410 g/mol. The molecule has 0 spiro atoms. The summed E-state index contributed by atoms with van der Waals surface area (Å²) < 4.78 is 25.3. The summed E-state index contributed by atoms with van der Waals surface area (Å²) in [5, 5.41) is 0. The summed E-state index contributed by atoms with van der Waals surface area (Å²) in [7, 11) is -3.43. The van der Waals surface area contributed by atoms with Gasteiger partial charge in [-0.1, -0.05) is 43.5 Å². The van der Waals surface area contributed by atoms with Gasteiger partial charge in [0.05, 0.1) is 12.3 Å². The molecule has 2 aliphatic rings. The van der Waals surface area contributed by atoms with Crippen LogP contribution in [0.25, 0.3) is 0 Å². The quantitative estimate of drug-likeness (QED) is 0.527. The minimum atomic E-state index is -3.17. The SMILES string of the molecule is CCS(=O)(=O)N1CC[S+](C(C)(C)C(=O)c2ccc(C3CCCCC3)cc2)C1. The third-order valence-corrected chi connectivity index (χ3v) is 11.1. The van der Waals surface area contributed by atoms with Crippen LogP contribution in [0.3, 0.4) is 0 Å². The molecular formula is C21H32NO3S2+. The fraction of sp³-hybridized carbons (Fsp3) is 0.667. The van der Waals surface area contributed by atoms with Crippen molar-refractivity contribution in [1.29, 1.82) is 0 Å². The Hall–Kier alpha value is -0.850. The van der Waals surface area contributed by atoms with Crippen molar-refractivity contribution >= 4 is 26.7 Å². The zero-order chi connectivity index (χ0) is 19.7. The molecule has 1 aliphatic carbocycles. The van der Waals surface area contributed by atoms with Gasteiger partial charge in [0.2, 0.25) is 15.8 Å². The van der Waals surface area contributed by atoms with E-state index in [9.17, 15) is 13.2 Å². The lowest BCUT2D eigenvalue weighted by molar-refractivity contribution is 0.0956. The number of benzene rings is 1. The first-order chi connectivity index (χ1) is 12.8. The minimum Gasteiger partial charge on any atom is -0.288 e. The summed E-state index contributed by atoms with van der Waals surface area (Å²) in [6.07, 6.45) is 6.46. The Morgan fingerprint density at radius 1 is 1.15 bits per heavy atom. The van der Waals surface area contributed by atoms with Crippen molar-refractivity contribution in [2.24, 2.45) is 0 Å². The van der Waals surface area contributed by atoms with Crippen molar-refractivity contribution in [3.63, 3.8) is 0 Å². The molecule has 1 heterocycles. The van der Waals surface area contributed by atoms with E-state index in [4.69, 9.17) is 0 Å². The van der Waals surface area contributed by atoms with E-state index in [0.29, 0.717) is 18.3 Å². The number of ketones is 1. The Bertz CT molecular complexity index is 765. The number of carbonyl (C=O) groups excluding carboxylic acids is 1. The predicted octanol–water partition coefficient (Wildman–Crippen LogP) is 3.94. The molecule has 1 saturated carbocycles. The zero-order valence-corrected chi connectivity index (χ0v) is 18.4. The molecule has 1 saturated heterocycles. The van der Waals surface area contributed by atoms with Gasteiger partial charge in [0, 0.05) is 16.5 Å². The molecule has 1 aliphatic heterocycles. The molecule has 6 heteroatoms. The number of hydrogen-bond acceptors (Lipinski definition) is 3. The molecule has 150 valence electrons. The third kappa shape index (κ3) is 4.43. The number of sulfonamides is 1. The Morgan fingerprint density at radius 2 is 1.78 bits per heavy atom. The number of rotatable bonds is 6. The summed E-state index contributed by atoms with van der Waals surface area (Å²) in [6, 6.07) is 8.22. The van der Waals surface area contributed by atoms with E-state index < -0.39 is 14.8 Å². The first kappa shape index (κ1) is 20.9. The average molecular weight is 411 g/mol. The first-order valence-corrected chi connectivity index (χ1v) is 13.2. The maximum atomic E-state index is 13.2. The van der Waals surface area contributed by atoms with E-state index in [2.05, 4.69) is 12.1 Å². The molecule has 0 N–H and O–H groups in total. The van der Waals surface area contributed by atoms with E-state index in [1.807, 2.05) is 26.0 Å². The second kappa shape index (κ2) is 8.26. The van der Waals surface area contributed by atoms with Crippen molar-refractivity contribution in [3.8, 4) is 0 Å². The molecule has 1 aromatic carbocycles. The van der Waals surface area contributed by atoms with Crippen LogP contribution in [-0.2, 0) is 20.9 Å². The normalized spacial score (nSPS) is 22.9. The van der Waals surface area contributed by atoms with Gasteiger partial charge < -0.3 is 0 Å². The standard InChI is InChI=1S/C21H32NO3S2/c1-4-27(24,25)22-14-15-26(16-22)21(2,3)20(23)19-12-10-18(11-13-19)17-8-6-5-7-9-17/h10-13,17H,4-9,14-16H2,1-3H3/q+1. The van der Waals surface area contributed by atoms with Gasteiger partial charge in [-0.15, -0.1) is 0 Å². The molecule has 0 aromatic heterocycles. The van der Waals surface area contributed by atoms with Gasteiger partial charge in [0.25, 0.3) is 0 Å². The van der Waals surface area contributed by atoms with Crippen LogP contribution in [0.15, 0.2) is 24.3 Å². The second-order valence-corrected chi connectivity index (χ2v) is 13.1. The minimum absolute atomic E-state index is 0.126. The number of carbonyl (C=O) groups is 1. The maximum absolute atomic E-state index is 13.2. The molecule has 0 amide bonds. The van der Waals surface area contributed by atoms with E-state index >= 15 is 0 Å². The highest BCUT2D eigenvalue weighted by Crippen LogP contribution is 2.34. The van der Waals surface area contributed by atoms with Crippen molar-refractivity contribution in [2.45, 2.75) is 63.5 Å². The van der Waals surface area contributed by atoms with E-state index in [1.165, 1.54) is 37.7 Å². The van der Waals surface area contributed by atoms with Crippen molar-refractivity contribution in [1.82, 2.24) is 4.31 Å². The highest BCUT2D eigenvalue weighted by atomic mass is 32.2. The van der Waals surface area contributed by atoms with Crippen LogP contribution in [0.4, 0.5) is 0 Å². The smallest absolute Gasteiger partial charge is 0.217 e. The topological polar surface area (TPSA) is 54.5 Å². The van der Waals surface area contributed by atoms with Crippen LogP contribution in [0.1, 0.15) is 74.7 Å². The Balaban J connectivity index is 1.70. The van der Waals surface area contributed by atoms with E-state index in [-0.39, 0.29) is 22.4 Å². The van der Waals surface area contributed by atoms with Gasteiger partial charge in [-0.2, -0.15) is 4.31 Å². The second-order valence-electron chi connectivity index (χ2n) is 8.20. The number of hydrogen-bond donors (Lipinski definition) is 0. The molecule has 27 heavy (non-hydrogen) atoms. The molecule has 1 aromatic rings. The lowest BCUT2D eigenvalue weighted by Gasteiger charge is -2.24. The van der Waals surface area contributed by atoms with Gasteiger partial charge in [-0.3, -0.25) is 4.79 Å². The van der Waals surface area contributed by atoms with Gasteiger partial charge in [0.15, 0.2) is 10.6 Å². The molecule has 1 unspecified atom stereocenters. The Labute approximate surface area is 167 Å². The molecular weight excluding hydrogens is 378 g/mol. The van der Waals surface area contributed by atoms with Crippen LogP contribution >= 0.6 is 0 Å². The molecule has 2 fully saturated rings. The molecule has 0 bridgehead atoms. The molecule has 1 atom stereocenters. The van der Waals surface area contributed by atoms with Gasteiger partial charge in [-0.05, 0) is 45.1 Å². The van der Waals surface area contributed by atoms with Crippen LogP contribution in [0.5, 0.6) is 0 Å². The number of nitrogens with zero attached hydrogens (tertiary/aromatic N) is 1. The van der Waals surface area contributed by atoms with Crippen LogP contribution in [0.2, 0.25) is 0 Å². The Morgan fingerprint density at radius 3 is 2.37 bits per heavy atom. The largest absolute Gasteiger partial charge is 0.288 e.